The fourth-order valence-corrected chi connectivity index (χ4v) is 4.25. The molecule has 3 aromatic rings. The van der Waals surface area contributed by atoms with E-state index in [1.807, 2.05) is 6.07 Å². The van der Waals surface area contributed by atoms with Crippen molar-refractivity contribution in [2.24, 2.45) is 5.92 Å². The third-order valence-electron chi connectivity index (χ3n) is 5.54. The van der Waals surface area contributed by atoms with Crippen LogP contribution < -0.4 is 10.1 Å². The number of aromatic nitrogens is 3. The number of carboxylic acids is 1. The Balaban J connectivity index is 1.32. The second kappa shape index (κ2) is 10.0. The molecule has 32 heavy (non-hydrogen) atoms. The van der Waals surface area contributed by atoms with Crippen LogP contribution in [0.1, 0.15) is 43.0 Å². The molecule has 0 saturated heterocycles. The zero-order valence-electron chi connectivity index (χ0n) is 17.6. The first-order chi connectivity index (χ1) is 15.5. The number of fused-ring (bicyclic) bond motifs is 1. The van der Waals surface area contributed by atoms with Crippen molar-refractivity contribution in [1.29, 1.82) is 0 Å². The zero-order chi connectivity index (χ0) is 22.5. The van der Waals surface area contributed by atoms with Gasteiger partial charge in [-0.2, -0.15) is 8.75 Å². The van der Waals surface area contributed by atoms with Gasteiger partial charge in [-0.15, -0.1) is 0 Å². The lowest BCUT2D eigenvalue weighted by molar-refractivity contribution is -0.154. The SMILES string of the molecule is C[C@@H](OC1CCC(CNC(=O)c2cccnc2Oc2ccc3nsnc3c2)CC1)C(=O)O. The van der Waals surface area contributed by atoms with Crippen LogP contribution in [-0.4, -0.2) is 49.5 Å². The summed E-state index contributed by atoms with van der Waals surface area (Å²) in [5.74, 6) is -0.113. The van der Waals surface area contributed by atoms with Gasteiger partial charge in [0.1, 0.15) is 22.3 Å². The maximum absolute atomic E-state index is 12.8. The molecule has 4 rings (SSSR count). The van der Waals surface area contributed by atoms with Crippen LogP contribution in [0.4, 0.5) is 0 Å². The largest absolute Gasteiger partial charge is 0.479 e. The highest BCUT2D eigenvalue weighted by Gasteiger charge is 2.26. The minimum Gasteiger partial charge on any atom is -0.479 e. The van der Waals surface area contributed by atoms with Gasteiger partial charge in [0, 0.05) is 18.8 Å². The third-order valence-corrected chi connectivity index (χ3v) is 6.10. The average molecular weight is 457 g/mol. The summed E-state index contributed by atoms with van der Waals surface area (Å²) in [7, 11) is 0. The minimum atomic E-state index is -0.947. The number of hydrogen-bond donors (Lipinski definition) is 2. The van der Waals surface area contributed by atoms with E-state index in [4.69, 9.17) is 14.6 Å². The highest BCUT2D eigenvalue weighted by atomic mass is 32.1. The van der Waals surface area contributed by atoms with Gasteiger partial charge < -0.3 is 19.9 Å². The molecule has 1 amide bonds. The number of ether oxygens (including phenoxy) is 2. The summed E-state index contributed by atoms with van der Waals surface area (Å²) in [4.78, 5) is 28.0. The lowest BCUT2D eigenvalue weighted by atomic mass is 9.87. The highest BCUT2D eigenvalue weighted by Crippen LogP contribution is 2.28. The van der Waals surface area contributed by atoms with E-state index in [-0.39, 0.29) is 17.9 Å². The van der Waals surface area contributed by atoms with Crippen molar-refractivity contribution in [3.63, 3.8) is 0 Å². The van der Waals surface area contributed by atoms with Gasteiger partial charge in [0.05, 0.1) is 17.8 Å². The van der Waals surface area contributed by atoms with Crippen LogP contribution >= 0.6 is 11.7 Å². The monoisotopic (exact) mass is 456 g/mol. The standard InChI is InChI=1S/C22H24N4O5S/c1-13(22(28)29)30-15-6-4-14(5-7-15)12-24-20(27)17-3-2-10-23-21(17)31-16-8-9-18-19(11-16)26-32-25-18/h2-3,8-11,13-15H,4-7,12H2,1H3,(H,24,27)(H,28,29)/t13-,14?,15?/m1/s1. The molecular weight excluding hydrogens is 432 g/mol. The summed E-state index contributed by atoms with van der Waals surface area (Å²) in [5.41, 5.74) is 1.88. The van der Waals surface area contributed by atoms with E-state index in [9.17, 15) is 9.59 Å². The molecule has 1 aliphatic carbocycles. The number of carbonyl (C=O) groups excluding carboxylic acids is 1. The smallest absolute Gasteiger partial charge is 0.332 e. The second-order valence-corrected chi connectivity index (χ2v) is 8.37. The Hall–Kier alpha value is -3.11. The number of benzene rings is 1. The maximum atomic E-state index is 12.8. The van der Waals surface area contributed by atoms with Crippen molar-refractivity contribution in [2.75, 3.05) is 6.54 Å². The van der Waals surface area contributed by atoms with Crippen LogP contribution in [0, 0.1) is 5.92 Å². The van der Waals surface area contributed by atoms with Gasteiger partial charge in [-0.25, -0.2) is 9.78 Å². The van der Waals surface area contributed by atoms with Crippen LogP contribution in [-0.2, 0) is 9.53 Å². The molecule has 10 heteroatoms. The molecule has 1 aliphatic rings. The molecular formula is C22H24N4O5S. The quantitative estimate of drug-likeness (QED) is 0.526. The first-order valence-corrected chi connectivity index (χ1v) is 11.2. The molecule has 1 atom stereocenters. The van der Waals surface area contributed by atoms with Gasteiger partial charge in [0.2, 0.25) is 5.88 Å². The van der Waals surface area contributed by atoms with E-state index in [1.54, 1.807) is 37.4 Å². The van der Waals surface area contributed by atoms with E-state index in [1.165, 1.54) is 0 Å². The molecule has 2 N–H and O–H groups in total. The zero-order valence-corrected chi connectivity index (χ0v) is 18.4. The van der Waals surface area contributed by atoms with Gasteiger partial charge in [-0.1, -0.05) is 0 Å². The van der Waals surface area contributed by atoms with Crippen molar-refractivity contribution in [2.45, 2.75) is 44.8 Å². The van der Waals surface area contributed by atoms with Crippen molar-refractivity contribution in [1.82, 2.24) is 19.0 Å². The minimum absolute atomic E-state index is 0.0448. The molecule has 0 unspecified atom stereocenters. The Morgan fingerprint density at radius 1 is 1.19 bits per heavy atom. The number of hydrogen-bond acceptors (Lipinski definition) is 8. The number of pyridine rings is 1. The number of aliphatic carboxylic acids is 1. The Bertz CT molecular complexity index is 1100. The lowest BCUT2D eigenvalue weighted by Gasteiger charge is -2.29. The van der Waals surface area contributed by atoms with E-state index in [0.29, 0.717) is 23.8 Å². The number of nitrogens with one attached hydrogen (secondary N) is 1. The number of amides is 1. The fraction of sp³-hybridized carbons (Fsp3) is 0.409. The summed E-state index contributed by atoms with van der Waals surface area (Å²) >= 11 is 1.13. The first-order valence-electron chi connectivity index (χ1n) is 10.5. The van der Waals surface area contributed by atoms with E-state index < -0.39 is 12.1 Å². The molecule has 0 bridgehead atoms. The Kier molecular flexibility index (Phi) is 6.91. The molecule has 2 aromatic heterocycles. The normalized spacial score (nSPS) is 19.4. The number of carbonyl (C=O) groups is 2. The Morgan fingerprint density at radius 2 is 1.97 bits per heavy atom. The predicted octanol–water partition coefficient (Wildman–Crippen LogP) is 3.66. The van der Waals surface area contributed by atoms with Gasteiger partial charge in [0.15, 0.2) is 6.10 Å². The Labute approximate surface area is 189 Å². The van der Waals surface area contributed by atoms with Gasteiger partial charge in [-0.3, -0.25) is 4.79 Å². The molecule has 0 radical (unpaired) electrons. The van der Waals surface area contributed by atoms with E-state index >= 15 is 0 Å². The molecule has 1 fully saturated rings. The molecule has 9 nitrogen and oxygen atoms in total. The molecule has 0 aliphatic heterocycles. The average Bonchev–Trinajstić information content (AvgIpc) is 3.26. The molecule has 168 valence electrons. The summed E-state index contributed by atoms with van der Waals surface area (Å²) in [6.07, 6.45) is 4.05. The topological polar surface area (TPSA) is 124 Å². The van der Waals surface area contributed by atoms with Crippen molar-refractivity contribution >= 4 is 34.6 Å². The van der Waals surface area contributed by atoms with Crippen LogP contribution in [0.3, 0.4) is 0 Å². The van der Waals surface area contributed by atoms with Crippen LogP contribution in [0.2, 0.25) is 0 Å². The molecule has 1 saturated carbocycles. The van der Waals surface area contributed by atoms with Crippen molar-refractivity contribution in [3.05, 3.63) is 42.1 Å². The molecule has 1 aromatic carbocycles. The first kappa shape index (κ1) is 22.1. The highest BCUT2D eigenvalue weighted by molar-refractivity contribution is 7.00. The third kappa shape index (κ3) is 5.38. The maximum Gasteiger partial charge on any atom is 0.332 e. The van der Waals surface area contributed by atoms with Gasteiger partial charge in [-0.05, 0) is 62.8 Å². The summed E-state index contributed by atoms with van der Waals surface area (Å²) in [5, 5.41) is 12.0. The lowest BCUT2D eigenvalue weighted by Crippen LogP contribution is -2.34. The van der Waals surface area contributed by atoms with Crippen molar-refractivity contribution < 1.29 is 24.2 Å². The summed E-state index contributed by atoms with van der Waals surface area (Å²) in [6, 6.07) is 8.72. The van der Waals surface area contributed by atoms with Gasteiger partial charge in [0.25, 0.3) is 5.91 Å². The van der Waals surface area contributed by atoms with Gasteiger partial charge >= 0.3 is 5.97 Å². The van der Waals surface area contributed by atoms with Crippen LogP contribution in [0.5, 0.6) is 11.6 Å². The van der Waals surface area contributed by atoms with Crippen molar-refractivity contribution in [3.8, 4) is 11.6 Å². The summed E-state index contributed by atoms with van der Waals surface area (Å²) < 4.78 is 19.8. The fourth-order valence-electron chi connectivity index (χ4n) is 3.73. The van der Waals surface area contributed by atoms with Crippen LogP contribution in [0.25, 0.3) is 11.0 Å². The number of carboxylic acid groups (broad SMARTS) is 1. The van der Waals surface area contributed by atoms with E-state index in [0.717, 1.165) is 48.4 Å². The number of rotatable bonds is 8. The molecule has 0 spiro atoms. The summed E-state index contributed by atoms with van der Waals surface area (Å²) in [6.45, 7) is 2.08. The predicted molar refractivity (Wildman–Crippen MR) is 118 cm³/mol. The number of nitrogens with zero attached hydrogens (tertiary/aromatic N) is 3. The Morgan fingerprint density at radius 3 is 2.75 bits per heavy atom. The van der Waals surface area contributed by atoms with Crippen LogP contribution in [0.15, 0.2) is 36.5 Å². The van der Waals surface area contributed by atoms with E-state index in [2.05, 4.69) is 19.0 Å². The molecule has 2 heterocycles. The second-order valence-electron chi connectivity index (χ2n) is 7.84.